The van der Waals surface area contributed by atoms with Gasteiger partial charge in [-0.2, -0.15) is 13.1 Å². The molecule has 6 heterocycles. The van der Waals surface area contributed by atoms with Gasteiger partial charge in [0.05, 0.1) is 38.0 Å². The summed E-state index contributed by atoms with van der Waals surface area (Å²) in [6.45, 7) is -0.906. The van der Waals surface area contributed by atoms with Crippen molar-refractivity contribution in [2.45, 2.75) is 50.0 Å². The fraction of sp³-hybridized carbons (Fsp3) is 0.500. The van der Waals surface area contributed by atoms with Crippen LogP contribution in [0.2, 0.25) is 0 Å². The molecule has 5 atom stereocenters. The molecule has 0 aromatic carbocycles. The molecule has 0 aliphatic carbocycles. The number of nitrogen functional groups attached to an aromatic ring is 2. The number of phosphoric ester groups is 1. The van der Waals surface area contributed by atoms with Gasteiger partial charge in [0.25, 0.3) is 0 Å². The predicted molar refractivity (Wildman–Crippen MR) is 141 cm³/mol. The van der Waals surface area contributed by atoms with Crippen molar-refractivity contribution < 1.29 is 41.0 Å². The molecule has 2 aliphatic rings. The van der Waals surface area contributed by atoms with Crippen LogP contribution >= 0.6 is 7.82 Å². The molecule has 7 N–H and O–H groups in total. The minimum absolute atomic E-state index is 0.0217. The average molecular weight is 628 g/mol. The molecule has 2 aliphatic heterocycles. The van der Waals surface area contributed by atoms with Gasteiger partial charge in [0.15, 0.2) is 22.9 Å². The summed E-state index contributed by atoms with van der Waals surface area (Å²) in [4.78, 5) is 42.9. The Morgan fingerprint density at radius 2 is 1.55 bits per heavy atom. The lowest BCUT2D eigenvalue weighted by Gasteiger charge is -2.20. The van der Waals surface area contributed by atoms with Crippen LogP contribution in [0.25, 0.3) is 22.3 Å². The van der Waals surface area contributed by atoms with E-state index < -0.39 is 55.4 Å². The van der Waals surface area contributed by atoms with Gasteiger partial charge in [0.2, 0.25) is 0 Å². The molecule has 42 heavy (non-hydrogen) atoms. The van der Waals surface area contributed by atoms with E-state index in [0.29, 0.717) is 35.2 Å². The third-order valence-electron chi connectivity index (χ3n) is 6.83. The number of nitrogens with zero attached hydrogens (tertiary/aromatic N) is 8. The van der Waals surface area contributed by atoms with Crippen molar-refractivity contribution in [3.8, 4) is 0 Å². The summed E-state index contributed by atoms with van der Waals surface area (Å²) >= 11 is 0. The van der Waals surface area contributed by atoms with E-state index in [-0.39, 0.29) is 24.7 Å². The number of phosphoric acid groups is 1. The highest BCUT2D eigenvalue weighted by Gasteiger charge is 2.41. The monoisotopic (exact) mass is 627 g/mol. The number of ether oxygens (including phenoxy) is 2. The molecule has 0 unspecified atom stereocenters. The molecular formula is C20H26N11O9PS. The van der Waals surface area contributed by atoms with Gasteiger partial charge >= 0.3 is 18.1 Å². The molecule has 0 radical (unpaired) electrons. The highest BCUT2D eigenvalue weighted by atomic mass is 32.2. The van der Waals surface area contributed by atoms with E-state index in [9.17, 15) is 22.8 Å². The molecule has 4 aromatic heterocycles. The molecule has 20 nitrogen and oxygen atoms in total. The summed E-state index contributed by atoms with van der Waals surface area (Å²) in [6, 6.07) is -0.997. The van der Waals surface area contributed by atoms with Gasteiger partial charge in [-0.15, -0.1) is 0 Å². The number of fused-ring (bicyclic) bond motifs is 2. The van der Waals surface area contributed by atoms with Crippen molar-refractivity contribution in [1.29, 1.82) is 0 Å². The molecule has 22 heteroatoms. The topological polar surface area (TPSA) is 280 Å². The molecule has 226 valence electrons. The maximum absolute atomic E-state index is 12.9. The fourth-order valence-corrected chi connectivity index (χ4v) is 6.27. The molecule has 0 saturated carbocycles. The first-order valence-corrected chi connectivity index (χ1v) is 15.4. The second-order valence-electron chi connectivity index (χ2n) is 9.57. The van der Waals surface area contributed by atoms with Crippen molar-refractivity contribution in [2.24, 2.45) is 0 Å². The quantitative estimate of drug-likeness (QED) is 0.133. The van der Waals surface area contributed by atoms with Crippen LogP contribution in [-0.2, 0) is 33.0 Å². The number of rotatable bonds is 10. The summed E-state index contributed by atoms with van der Waals surface area (Å²) in [5, 5.41) is 0. The number of anilines is 2. The van der Waals surface area contributed by atoms with E-state index in [1.54, 1.807) is 4.57 Å². The molecule has 2 fully saturated rings. The summed E-state index contributed by atoms with van der Waals surface area (Å²) in [6.07, 6.45) is 3.58. The fourth-order valence-electron chi connectivity index (χ4n) is 4.91. The smallest absolute Gasteiger partial charge is 0.382 e. The highest BCUT2D eigenvalue weighted by Crippen LogP contribution is 2.39. The number of nitrogens with two attached hydrogens (primary N) is 2. The number of nitrogens with one attached hydrogen (secondary N) is 1. The zero-order chi connectivity index (χ0) is 29.6. The lowest BCUT2D eigenvalue weighted by Crippen LogP contribution is -2.43. The Kier molecular flexibility index (Phi) is 7.53. The van der Waals surface area contributed by atoms with Crippen molar-refractivity contribution in [3.63, 3.8) is 0 Å². The lowest BCUT2D eigenvalue weighted by atomic mass is 10.1. The Bertz CT molecular complexity index is 1760. The summed E-state index contributed by atoms with van der Waals surface area (Å²) in [5.74, 6) is 0.369. The Morgan fingerprint density at radius 1 is 0.929 bits per heavy atom. The van der Waals surface area contributed by atoms with Crippen molar-refractivity contribution in [2.75, 3.05) is 24.7 Å². The van der Waals surface area contributed by atoms with Crippen LogP contribution in [0.15, 0.2) is 25.3 Å². The maximum atomic E-state index is 12.9. The number of aromatic nitrogens is 8. The first kappa shape index (κ1) is 28.7. The van der Waals surface area contributed by atoms with E-state index >= 15 is 0 Å². The van der Waals surface area contributed by atoms with Crippen molar-refractivity contribution in [3.05, 3.63) is 25.3 Å². The van der Waals surface area contributed by atoms with Gasteiger partial charge in [-0.3, -0.25) is 17.8 Å². The zero-order valence-corrected chi connectivity index (χ0v) is 23.3. The minimum atomic E-state index is -4.88. The van der Waals surface area contributed by atoms with E-state index in [1.807, 2.05) is 0 Å². The molecule has 2 saturated heterocycles. The van der Waals surface area contributed by atoms with Gasteiger partial charge in [0, 0.05) is 6.42 Å². The van der Waals surface area contributed by atoms with E-state index in [2.05, 4.69) is 39.1 Å². The van der Waals surface area contributed by atoms with Crippen LogP contribution in [-0.4, -0.2) is 88.7 Å². The second-order valence-corrected chi connectivity index (χ2v) is 12.2. The summed E-state index contributed by atoms with van der Waals surface area (Å²) in [5.41, 5.74) is 13.2. The van der Waals surface area contributed by atoms with Gasteiger partial charge in [0.1, 0.15) is 42.2 Å². The largest absolute Gasteiger partial charge is 0.469 e. The third-order valence-corrected chi connectivity index (χ3v) is 8.35. The summed E-state index contributed by atoms with van der Waals surface area (Å²) in [7, 11) is -9.25. The minimum Gasteiger partial charge on any atom is -0.382 e. The highest BCUT2D eigenvalue weighted by molar-refractivity contribution is 7.84. The van der Waals surface area contributed by atoms with E-state index in [0.717, 1.165) is 0 Å². The Labute approximate surface area is 236 Å². The van der Waals surface area contributed by atoms with Crippen LogP contribution in [0, 0.1) is 0 Å². The molecular weight excluding hydrogens is 601 g/mol. The van der Waals surface area contributed by atoms with Crippen LogP contribution in [0.5, 0.6) is 0 Å². The molecule has 0 spiro atoms. The first-order chi connectivity index (χ1) is 20.0. The van der Waals surface area contributed by atoms with Crippen molar-refractivity contribution >= 4 is 52.1 Å². The molecule has 6 rings (SSSR count). The Morgan fingerprint density at radius 3 is 2.17 bits per heavy atom. The van der Waals surface area contributed by atoms with Gasteiger partial charge in [-0.1, -0.05) is 0 Å². The van der Waals surface area contributed by atoms with Gasteiger partial charge in [-0.05, 0) is 12.8 Å². The van der Waals surface area contributed by atoms with E-state index in [1.165, 1.54) is 29.9 Å². The third kappa shape index (κ3) is 5.91. The zero-order valence-electron chi connectivity index (χ0n) is 21.6. The van der Waals surface area contributed by atoms with E-state index in [4.69, 9.17) is 25.1 Å². The molecule has 0 bridgehead atoms. The van der Waals surface area contributed by atoms with Gasteiger partial charge in [-0.25, -0.2) is 34.5 Å². The lowest BCUT2D eigenvalue weighted by molar-refractivity contribution is -0.0245. The standard InChI is InChI=1S/C20H26N11O9PS/c21-17-15-19(25-6-23-17)30(8-27-15)13-2-1-10(39-13)4-38-42(35,36)29-11-3-14(40-12(11)5-37-41(32,33)34)31-9-28-16-18(22)24-7-26-20(16)31/h6-14,29H,1-5H2,(H2,21,23,25)(H2,22,24,26)(H2,32,33,34)/t10-,11-,12+,13+,14+/m0/s1. The Hall–Kier alpha value is -3.40. The number of hydrogen-bond acceptors (Lipinski definition) is 15. The number of imidazole rings is 2. The SMILES string of the molecule is Nc1ncnc2c1ncn2[C@H]1CC[C@@H](COS(=O)(=O)N[C@H]2C[C@H](n3cnc4c(N)ncnc43)O[C@@H]2COP(=O)(O)O)O1. The predicted octanol–water partition coefficient (Wildman–Crippen LogP) is -0.875. The maximum Gasteiger partial charge on any atom is 0.469 e. The Balaban J connectivity index is 1.11. The van der Waals surface area contributed by atoms with Crippen LogP contribution in [0.4, 0.5) is 11.6 Å². The van der Waals surface area contributed by atoms with Gasteiger partial charge < -0.3 is 30.7 Å². The first-order valence-electron chi connectivity index (χ1n) is 12.5. The average Bonchev–Trinajstić information content (AvgIpc) is 3.71. The molecule has 4 aromatic rings. The van der Waals surface area contributed by atoms with Crippen molar-refractivity contribution in [1.82, 2.24) is 43.8 Å². The van der Waals surface area contributed by atoms with Crippen LogP contribution in [0.3, 0.4) is 0 Å². The normalized spacial score (nSPS) is 25.1. The summed E-state index contributed by atoms with van der Waals surface area (Å²) < 4.78 is 64.5. The number of hydrogen-bond donors (Lipinski definition) is 5. The van der Waals surface area contributed by atoms with Crippen LogP contribution in [0.1, 0.15) is 31.7 Å². The second kappa shape index (κ2) is 11.0. The van der Waals surface area contributed by atoms with Crippen LogP contribution < -0.4 is 16.2 Å². The molecule has 0 amide bonds.